The molecule has 0 saturated carbocycles. The molecule has 0 radical (unpaired) electrons. The number of aromatic nitrogens is 2. The van der Waals surface area contributed by atoms with Crippen LogP contribution in [0.1, 0.15) is 32.2 Å². The number of hydrogen-bond donors (Lipinski definition) is 3. The van der Waals surface area contributed by atoms with E-state index in [2.05, 4.69) is 30.7 Å². The van der Waals surface area contributed by atoms with Gasteiger partial charge in [-0.25, -0.2) is 4.98 Å². The van der Waals surface area contributed by atoms with E-state index in [1.54, 1.807) is 12.1 Å². The predicted octanol–water partition coefficient (Wildman–Crippen LogP) is 3.31. The van der Waals surface area contributed by atoms with E-state index in [4.69, 9.17) is 22.7 Å². The van der Waals surface area contributed by atoms with E-state index in [-0.39, 0.29) is 11.3 Å². The van der Waals surface area contributed by atoms with Crippen LogP contribution in [0.15, 0.2) is 24.3 Å². The van der Waals surface area contributed by atoms with Crippen LogP contribution < -0.4 is 5.73 Å². The number of rotatable bonds is 2. The number of H-pyrrole nitrogens is 1. The van der Waals surface area contributed by atoms with Gasteiger partial charge in [0.2, 0.25) is 0 Å². The second-order valence-electron chi connectivity index (χ2n) is 5.49. The molecule has 1 heterocycles. The molecule has 5 heteroatoms. The average molecular weight is 277 g/mol. The van der Waals surface area contributed by atoms with E-state index < -0.39 is 0 Å². The summed E-state index contributed by atoms with van der Waals surface area (Å²) in [6.07, 6.45) is 0. The Morgan fingerprint density at radius 3 is 2.26 bits per heavy atom. The molecule has 1 aromatic carbocycles. The standard InChI is InChI=1S/C14H17ClN4/c1-14(2,3)13-18-10(11(15)19-13)8-4-6-9(7-5-8)12(16)17/h4-7H,1-3H3,(H3,16,17)(H,18,19). The summed E-state index contributed by atoms with van der Waals surface area (Å²) in [5.41, 5.74) is 7.66. The van der Waals surface area contributed by atoms with Gasteiger partial charge in [-0.05, 0) is 0 Å². The van der Waals surface area contributed by atoms with Crippen molar-refractivity contribution in [2.45, 2.75) is 26.2 Å². The molecule has 19 heavy (non-hydrogen) atoms. The van der Waals surface area contributed by atoms with Gasteiger partial charge in [0.1, 0.15) is 22.5 Å². The Balaban J connectivity index is 2.42. The van der Waals surface area contributed by atoms with Crippen molar-refractivity contribution in [1.29, 1.82) is 5.41 Å². The summed E-state index contributed by atoms with van der Waals surface area (Å²) in [7, 11) is 0. The molecule has 0 unspecified atom stereocenters. The van der Waals surface area contributed by atoms with Gasteiger partial charge in [-0.15, -0.1) is 0 Å². The number of amidine groups is 1. The number of aromatic amines is 1. The molecule has 4 nitrogen and oxygen atoms in total. The Hall–Kier alpha value is -1.81. The predicted molar refractivity (Wildman–Crippen MR) is 78.7 cm³/mol. The third kappa shape index (κ3) is 2.79. The largest absolute Gasteiger partial charge is 0.384 e. The van der Waals surface area contributed by atoms with Gasteiger partial charge in [0.05, 0.1) is 0 Å². The lowest BCUT2D eigenvalue weighted by molar-refractivity contribution is 0.553. The van der Waals surface area contributed by atoms with Gasteiger partial charge in [-0.1, -0.05) is 56.6 Å². The summed E-state index contributed by atoms with van der Waals surface area (Å²) in [5.74, 6) is 0.901. The summed E-state index contributed by atoms with van der Waals surface area (Å²) >= 11 is 6.20. The molecule has 0 aliphatic rings. The molecule has 0 aliphatic heterocycles. The van der Waals surface area contributed by atoms with Crippen molar-refractivity contribution in [3.05, 3.63) is 40.8 Å². The first kappa shape index (κ1) is 13.6. The summed E-state index contributed by atoms with van der Waals surface area (Å²) in [5, 5.41) is 7.90. The molecule has 100 valence electrons. The minimum Gasteiger partial charge on any atom is -0.384 e. The van der Waals surface area contributed by atoms with Crippen LogP contribution in [0.3, 0.4) is 0 Å². The minimum absolute atomic E-state index is 0.0510. The zero-order valence-corrected chi connectivity index (χ0v) is 12.0. The smallest absolute Gasteiger partial charge is 0.134 e. The van der Waals surface area contributed by atoms with Crippen LogP contribution in [-0.4, -0.2) is 15.8 Å². The lowest BCUT2D eigenvalue weighted by atomic mass is 9.96. The third-order valence-corrected chi connectivity index (χ3v) is 3.11. The number of imidazole rings is 1. The molecule has 2 rings (SSSR count). The molecular formula is C14H17ClN4. The van der Waals surface area contributed by atoms with Crippen LogP contribution in [0.2, 0.25) is 5.15 Å². The number of halogens is 1. The van der Waals surface area contributed by atoms with E-state index in [1.807, 2.05) is 12.1 Å². The van der Waals surface area contributed by atoms with Gasteiger partial charge in [0, 0.05) is 16.5 Å². The number of nitrogens with two attached hydrogens (primary N) is 1. The van der Waals surface area contributed by atoms with Gasteiger partial charge in [-0.3, -0.25) is 5.41 Å². The van der Waals surface area contributed by atoms with E-state index in [1.165, 1.54) is 0 Å². The van der Waals surface area contributed by atoms with E-state index in [0.717, 1.165) is 17.1 Å². The first-order valence-electron chi connectivity index (χ1n) is 6.00. The fourth-order valence-corrected chi connectivity index (χ4v) is 1.95. The molecule has 0 bridgehead atoms. The van der Waals surface area contributed by atoms with Crippen LogP contribution in [0.25, 0.3) is 11.3 Å². The number of nitrogens with one attached hydrogen (secondary N) is 2. The normalized spacial score (nSPS) is 11.6. The van der Waals surface area contributed by atoms with Gasteiger partial charge >= 0.3 is 0 Å². The Kier molecular flexibility index (Phi) is 3.37. The van der Waals surface area contributed by atoms with Crippen LogP contribution in [0, 0.1) is 5.41 Å². The minimum atomic E-state index is -0.0821. The molecule has 0 fully saturated rings. The van der Waals surface area contributed by atoms with Crippen molar-refractivity contribution >= 4 is 17.4 Å². The molecule has 2 aromatic rings. The zero-order chi connectivity index (χ0) is 14.2. The van der Waals surface area contributed by atoms with Gasteiger partial charge in [0.15, 0.2) is 0 Å². The van der Waals surface area contributed by atoms with Crippen molar-refractivity contribution < 1.29 is 0 Å². The first-order chi connectivity index (χ1) is 8.79. The highest BCUT2D eigenvalue weighted by molar-refractivity contribution is 6.31. The lowest BCUT2D eigenvalue weighted by Gasteiger charge is -2.13. The van der Waals surface area contributed by atoms with Crippen LogP contribution >= 0.6 is 11.6 Å². The SMILES string of the molecule is CC(C)(C)c1nc(-c2ccc(C(=N)N)cc2)c(Cl)[nH]1. The molecule has 0 amide bonds. The Morgan fingerprint density at radius 2 is 1.84 bits per heavy atom. The number of nitrogens with zero attached hydrogens (tertiary/aromatic N) is 1. The molecule has 1 aromatic heterocycles. The van der Waals surface area contributed by atoms with Crippen molar-refractivity contribution in [3.63, 3.8) is 0 Å². The topological polar surface area (TPSA) is 78.6 Å². The Labute approximate surface area is 117 Å². The zero-order valence-electron chi connectivity index (χ0n) is 11.2. The molecule has 0 atom stereocenters. The number of benzene rings is 1. The van der Waals surface area contributed by atoms with Crippen LogP contribution in [-0.2, 0) is 5.41 Å². The van der Waals surface area contributed by atoms with Crippen molar-refractivity contribution in [2.75, 3.05) is 0 Å². The maximum atomic E-state index is 7.37. The lowest BCUT2D eigenvalue weighted by Crippen LogP contribution is -2.13. The third-order valence-electron chi connectivity index (χ3n) is 2.84. The molecular weight excluding hydrogens is 260 g/mol. The van der Waals surface area contributed by atoms with Crippen molar-refractivity contribution in [2.24, 2.45) is 5.73 Å². The molecule has 0 aliphatic carbocycles. The summed E-state index contributed by atoms with van der Waals surface area (Å²) in [4.78, 5) is 7.66. The average Bonchev–Trinajstić information content (AvgIpc) is 2.71. The second-order valence-corrected chi connectivity index (χ2v) is 5.87. The molecule has 0 spiro atoms. The first-order valence-corrected chi connectivity index (χ1v) is 6.37. The van der Waals surface area contributed by atoms with Gasteiger partial charge in [0.25, 0.3) is 0 Å². The van der Waals surface area contributed by atoms with Crippen molar-refractivity contribution in [1.82, 2.24) is 9.97 Å². The molecule has 4 N–H and O–H groups in total. The quantitative estimate of drug-likeness (QED) is 0.581. The van der Waals surface area contributed by atoms with E-state index in [0.29, 0.717) is 10.7 Å². The van der Waals surface area contributed by atoms with Crippen LogP contribution in [0.4, 0.5) is 0 Å². The van der Waals surface area contributed by atoms with Gasteiger partial charge < -0.3 is 10.7 Å². The highest BCUT2D eigenvalue weighted by atomic mass is 35.5. The van der Waals surface area contributed by atoms with E-state index in [9.17, 15) is 0 Å². The molecule has 0 saturated heterocycles. The highest BCUT2D eigenvalue weighted by Crippen LogP contribution is 2.29. The summed E-state index contributed by atoms with van der Waals surface area (Å²) in [6.45, 7) is 6.22. The van der Waals surface area contributed by atoms with Crippen molar-refractivity contribution in [3.8, 4) is 11.3 Å². The number of nitrogen functional groups attached to an aromatic ring is 1. The van der Waals surface area contributed by atoms with Gasteiger partial charge in [-0.2, -0.15) is 0 Å². The summed E-state index contributed by atoms with van der Waals surface area (Å²) < 4.78 is 0. The highest BCUT2D eigenvalue weighted by Gasteiger charge is 2.20. The van der Waals surface area contributed by atoms with Crippen LogP contribution in [0.5, 0.6) is 0 Å². The number of hydrogen-bond acceptors (Lipinski definition) is 2. The monoisotopic (exact) mass is 276 g/mol. The Morgan fingerprint density at radius 1 is 1.26 bits per heavy atom. The summed E-state index contributed by atoms with van der Waals surface area (Å²) in [6, 6.07) is 7.31. The maximum Gasteiger partial charge on any atom is 0.134 e. The fraction of sp³-hybridized carbons (Fsp3) is 0.286. The second kappa shape index (κ2) is 4.70. The maximum absolute atomic E-state index is 7.37. The van der Waals surface area contributed by atoms with E-state index >= 15 is 0 Å². The fourth-order valence-electron chi connectivity index (χ4n) is 1.71. The Bertz CT molecular complexity index is 605.